The highest BCUT2D eigenvalue weighted by Gasteiger charge is 2.32. The van der Waals surface area contributed by atoms with Crippen LogP contribution in [0.15, 0.2) is 12.4 Å². The molecule has 5 nitrogen and oxygen atoms in total. The summed E-state index contributed by atoms with van der Waals surface area (Å²) in [6.45, 7) is 7.11. The molecular formula is C14H24N4O. The summed E-state index contributed by atoms with van der Waals surface area (Å²) >= 11 is 0. The number of nitrogens with zero attached hydrogens (tertiary/aromatic N) is 2. The summed E-state index contributed by atoms with van der Waals surface area (Å²) in [5, 5.41) is 7.66. The molecule has 5 heteroatoms. The number of amides is 1. The van der Waals surface area contributed by atoms with Gasteiger partial charge in [0.15, 0.2) is 0 Å². The molecule has 1 aliphatic carbocycles. The van der Waals surface area contributed by atoms with E-state index in [4.69, 9.17) is 5.73 Å². The number of anilines is 1. The molecule has 3 N–H and O–H groups in total. The van der Waals surface area contributed by atoms with Gasteiger partial charge in [-0.3, -0.25) is 9.48 Å². The average Bonchev–Trinajstić information content (AvgIpc) is 2.68. The van der Waals surface area contributed by atoms with Gasteiger partial charge in [-0.2, -0.15) is 5.10 Å². The van der Waals surface area contributed by atoms with Gasteiger partial charge >= 0.3 is 0 Å². The molecule has 2 atom stereocenters. The van der Waals surface area contributed by atoms with Crippen molar-refractivity contribution >= 4 is 11.6 Å². The lowest BCUT2D eigenvalue weighted by molar-refractivity contribution is -0.118. The molecule has 1 aliphatic rings. The largest absolute Gasteiger partial charge is 0.380 e. The highest BCUT2D eigenvalue weighted by Crippen LogP contribution is 2.39. The summed E-state index contributed by atoms with van der Waals surface area (Å²) in [7, 11) is 0. The second-order valence-electron chi connectivity index (χ2n) is 6.53. The molecule has 1 aromatic rings. The van der Waals surface area contributed by atoms with Crippen molar-refractivity contribution in [3.8, 4) is 0 Å². The van der Waals surface area contributed by atoms with Crippen LogP contribution in [0.25, 0.3) is 0 Å². The van der Waals surface area contributed by atoms with E-state index in [1.54, 1.807) is 10.9 Å². The molecule has 19 heavy (non-hydrogen) atoms. The molecule has 1 heterocycles. The Hall–Kier alpha value is -1.52. The second kappa shape index (κ2) is 5.23. The predicted octanol–water partition coefficient (Wildman–Crippen LogP) is 2.00. The SMILES string of the molecule is CC1CC(C)(C)CCC1Nc1cnn(CC(N)=O)c1. The van der Waals surface area contributed by atoms with E-state index >= 15 is 0 Å². The molecule has 0 radical (unpaired) electrons. The van der Waals surface area contributed by atoms with E-state index in [0.717, 1.165) is 5.69 Å². The molecule has 2 unspecified atom stereocenters. The summed E-state index contributed by atoms with van der Waals surface area (Å²) < 4.78 is 1.57. The third-order valence-corrected chi connectivity index (χ3v) is 4.00. The Kier molecular flexibility index (Phi) is 3.83. The maximum atomic E-state index is 10.8. The topological polar surface area (TPSA) is 72.9 Å². The van der Waals surface area contributed by atoms with Crippen LogP contribution in [-0.4, -0.2) is 21.7 Å². The number of nitrogens with two attached hydrogens (primary N) is 1. The van der Waals surface area contributed by atoms with Crippen molar-refractivity contribution in [3.63, 3.8) is 0 Å². The van der Waals surface area contributed by atoms with E-state index in [-0.39, 0.29) is 12.5 Å². The fourth-order valence-corrected chi connectivity index (χ4v) is 3.06. The first kappa shape index (κ1) is 13.9. The van der Waals surface area contributed by atoms with Crippen molar-refractivity contribution in [2.24, 2.45) is 17.1 Å². The molecular weight excluding hydrogens is 240 g/mol. The second-order valence-corrected chi connectivity index (χ2v) is 6.53. The van der Waals surface area contributed by atoms with Gasteiger partial charge in [0.25, 0.3) is 0 Å². The van der Waals surface area contributed by atoms with Crippen LogP contribution in [0.4, 0.5) is 5.69 Å². The monoisotopic (exact) mass is 264 g/mol. The van der Waals surface area contributed by atoms with Gasteiger partial charge in [0, 0.05) is 12.2 Å². The molecule has 1 fully saturated rings. The Morgan fingerprint density at radius 3 is 3.00 bits per heavy atom. The zero-order valence-corrected chi connectivity index (χ0v) is 12.0. The summed E-state index contributed by atoms with van der Waals surface area (Å²) in [5.74, 6) is 0.269. The van der Waals surface area contributed by atoms with E-state index < -0.39 is 0 Å². The van der Waals surface area contributed by atoms with Crippen LogP contribution < -0.4 is 11.1 Å². The van der Waals surface area contributed by atoms with Crippen LogP contribution in [0.2, 0.25) is 0 Å². The van der Waals surface area contributed by atoms with Crippen LogP contribution in [0.1, 0.15) is 40.0 Å². The molecule has 2 rings (SSSR count). The van der Waals surface area contributed by atoms with Crippen molar-refractivity contribution in [2.45, 2.75) is 52.6 Å². The van der Waals surface area contributed by atoms with E-state index in [1.807, 2.05) is 6.20 Å². The maximum Gasteiger partial charge on any atom is 0.239 e. The normalized spacial score (nSPS) is 26.1. The molecule has 0 aromatic carbocycles. The molecule has 1 aromatic heterocycles. The van der Waals surface area contributed by atoms with Crippen LogP contribution in [0, 0.1) is 11.3 Å². The number of carbonyl (C=O) groups is 1. The quantitative estimate of drug-likeness (QED) is 0.873. The van der Waals surface area contributed by atoms with Gasteiger partial charge in [0.05, 0.1) is 11.9 Å². The molecule has 0 saturated heterocycles. The predicted molar refractivity (Wildman–Crippen MR) is 75.6 cm³/mol. The number of hydrogen-bond donors (Lipinski definition) is 2. The number of hydrogen-bond acceptors (Lipinski definition) is 3. The Morgan fingerprint density at radius 1 is 1.63 bits per heavy atom. The minimum atomic E-state index is -0.373. The highest BCUT2D eigenvalue weighted by atomic mass is 16.1. The summed E-state index contributed by atoms with van der Waals surface area (Å²) in [6.07, 6.45) is 7.26. The fraction of sp³-hybridized carbons (Fsp3) is 0.714. The third-order valence-electron chi connectivity index (χ3n) is 4.00. The van der Waals surface area contributed by atoms with Crippen LogP contribution in [0.3, 0.4) is 0 Å². The van der Waals surface area contributed by atoms with Crippen LogP contribution >= 0.6 is 0 Å². The van der Waals surface area contributed by atoms with Crippen molar-refractivity contribution in [2.75, 3.05) is 5.32 Å². The van der Waals surface area contributed by atoms with E-state index in [0.29, 0.717) is 17.4 Å². The van der Waals surface area contributed by atoms with E-state index in [1.165, 1.54) is 19.3 Å². The highest BCUT2D eigenvalue weighted by molar-refractivity contribution is 5.73. The smallest absolute Gasteiger partial charge is 0.239 e. The maximum absolute atomic E-state index is 10.8. The molecule has 0 spiro atoms. The average molecular weight is 264 g/mol. The zero-order valence-electron chi connectivity index (χ0n) is 12.0. The first-order valence-corrected chi connectivity index (χ1v) is 6.93. The number of nitrogens with one attached hydrogen (secondary N) is 1. The van der Waals surface area contributed by atoms with E-state index in [2.05, 4.69) is 31.2 Å². The van der Waals surface area contributed by atoms with Gasteiger partial charge < -0.3 is 11.1 Å². The number of rotatable bonds is 4. The lowest BCUT2D eigenvalue weighted by Crippen LogP contribution is -2.36. The Morgan fingerprint density at radius 2 is 2.37 bits per heavy atom. The minimum absolute atomic E-state index is 0.134. The van der Waals surface area contributed by atoms with Crippen molar-refractivity contribution in [3.05, 3.63) is 12.4 Å². The van der Waals surface area contributed by atoms with Gasteiger partial charge in [-0.1, -0.05) is 20.8 Å². The first-order valence-electron chi connectivity index (χ1n) is 6.93. The molecule has 0 bridgehead atoms. The zero-order chi connectivity index (χ0) is 14.0. The van der Waals surface area contributed by atoms with Gasteiger partial charge in [0.1, 0.15) is 6.54 Å². The van der Waals surface area contributed by atoms with Gasteiger partial charge in [0.2, 0.25) is 5.91 Å². The number of primary amides is 1. The third kappa shape index (κ3) is 3.72. The summed E-state index contributed by atoms with van der Waals surface area (Å²) in [5.41, 5.74) is 6.57. The minimum Gasteiger partial charge on any atom is -0.380 e. The lowest BCUT2D eigenvalue weighted by atomic mass is 9.70. The first-order chi connectivity index (χ1) is 8.85. The standard InChI is InChI=1S/C14H24N4O/c1-10-6-14(2,3)5-4-12(10)17-11-7-16-18(8-11)9-13(15)19/h7-8,10,12,17H,4-6,9H2,1-3H3,(H2,15,19). The number of aromatic nitrogens is 2. The fourth-order valence-electron chi connectivity index (χ4n) is 3.06. The summed E-state index contributed by atoms with van der Waals surface area (Å²) in [4.78, 5) is 10.8. The molecule has 1 amide bonds. The van der Waals surface area contributed by atoms with Crippen LogP contribution in [-0.2, 0) is 11.3 Å². The van der Waals surface area contributed by atoms with Gasteiger partial charge in [-0.05, 0) is 30.6 Å². The van der Waals surface area contributed by atoms with E-state index in [9.17, 15) is 4.79 Å². The molecule has 1 saturated carbocycles. The Bertz CT molecular complexity index is 452. The number of carbonyl (C=O) groups excluding carboxylic acids is 1. The Labute approximate surface area is 114 Å². The van der Waals surface area contributed by atoms with Crippen LogP contribution in [0.5, 0.6) is 0 Å². The molecule has 106 valence electrons. The van der Waals surface area contributed by atoms with Crippen molar-refractivity contribution in [1.82, 2.24) is 9.78 Å². The molecule has 0 aliphatic heterocycles. The van der Waals surface area contributed by atoms with Gasteiger partial charge in [-0.15, -0.1) is 0 Å². The lowest BCUT2D eigenvalue weighted by Gasteiger charge is -2.39. The summed E-state index contributed by atoms with van der Waals surface area (Å²) in [6, 6.07) is 0.485. The van der Waals surface area contributed by atoms with Gasteiger partial charge in [-0.25, -0.2) is 0 Å². The van der Waals surface area contributed by atoms with Crippen molar-refractivity contribution < 1.29 is 4.79 Å². The Balaban J connectivity index is 1.94. The van der Waals surface area contributed by atoms with Crippen molar-refractivity contribution in [1.29, 1.82) is 0 Å².